The van der Waals surface area contributed by atoms with Crippen LogP contribution in [0.25, 0.3) is 5.69 Å². The molecule has 51 heavy (non-hydrogen) atoms. The van der Waals surface area contributed by atoms with Gasteiger partial charge < -0.3 is 20.3 Å². The van der Waals surface area contributed by atoms with Crippen molar-refractivity contribution in [3.8, 4) is 5.69 Å². The molecule has 7 rings (SSSR count). The van der Waals surface area contributed by atoms with E-state index in [9.17, 15) is 14.4 Å². The highest BCUT2D eigenvalue weighted by molar-refractivity contribution is 5.95. The van der Waals surface area contributed by atoms with Crippen molar-refractivity contribution in [1.82, 2.24) is 29.5 Å². The number of carbonyl (C=O) groups is 3. The van der Waals surface area contributed by atoms with E-state index < -0.39 is 54.0 Å². The molecule has 1 aliphatic carbocycles. The van der Waals surface area contributed by atoms with Gasteiger partial charge in [-0.1, -0.05) is 18.2 Å². The Balaban J connectivity index is 1.13. The van der Waals surface area contributed by atoms with Crippen LogP contribution in [0, 0.1) is 24.2 Å². The maximum atomic E-state index is 15.1. The predicted octanol–water partition coefficient (Wildman–Crippen LogP) is 6.21. The monoisotopic (exact) mass is 699 g/mol. The van der Waals surface area contributed by atoms with E-state index in [1.807, 2.05) is 43.5 Å². The largest absolute Gasteiger partial charge is 0.443 e. The van der Waals surface area contributed by atoms with Crippen LogP contribution in [-0.4, -0.2) is 60.5 Å². The lowest BCUT2D eigenvalue weighted by molar-refractivity contribution is -0.157. The van der Waals surface area contributed by atoms with Crippen molar-refractivity contribution >= 4 is 23.5 Å². The van der Waals surface area contributed by atoms with Gasteiger partial charge in [0.05, 0.1) is 34.8 Å². The number of fused-ring (bicyclic) bond motifs is 3. The van der Waals surface area contributed by atoms with Crippen LogP contribution in [0.4, 0.5) is 14.5 Å². The Hall–Kier alpha value is -5.07. The zero-order chi connectivity index (χ0) is 36.1. The van der Waals surface area contributed by atoms with Gasteiger partial charge in [-0.25, -0.2) is 18.4 Å². The lowest BCUT2D eigenvalue weighted by atomic mass is 9.79. The molecule has 0 spiro atoms. The first-order valence-electron chi connectivity index (χ1n) is 17.4. The van der Waals surface area contributed by atoms with Gasteiger partial charge in [0.1, 0.15) is 5.82 Å². The van der Waals surface area contributed by atoms with Crippen molar-refractivity contribution in [2.75, 3.05) is 11.9 Å². The van der Waals surface area contributed by atoms with Crippen LogP contribution >= 0.6 is 0 Å². The number of likely N-dealkylation sites (tertiary alicyclic amines) is 1. The molecule has 2 aromatic heterocycles. The summed E-state index contributed by atoms with van der Waals surface area (Å²) in [4.78, 5) is 46.9. The van der Waals surface area contributed by atoms with Crippen LogP contribution in [0.3, 0.4) is 0 Å². The summed E-state index contributed by atoms with van der Waals surface area (Å²) in [5.41, 5.74) is 3.06. The van der Waals surface area contributed by atoms with Gasteiger partial charge in [-0.15, -0.1) is 0 Å². The third-order valence-corrected chi connectivity index (χ3v) is 10.3. The first-order chi connectivity index (χ1) is 24.3. The molecule has 1 saturated carbocycles. The molecule has 2 aromatic carbocycles. The fourth-order valence-electron chi connectivity index (χ4n) is 7.64. The third-order valence-electron chi connectivity index (χ3n) is 10.3. The lowest BCUT2D eigenvalue weighted by Crippen LogP contribution is -2.53. The van der Waals surface area contributed by atoms with Crippen molar-refractivity contribution in [3.05, 3.63) is 95.8 Å². The minimum atomic E-state index is -3.03. The maximum Gasteiger partial charge on any atom is 0.312 e. The number of amides is 2. The number of ether oxygens (including phenoxy) is 1. The normalized spacial score (nSPS) is 23.9. The zero-order valence-electron chi connectivity index (χ0n) is 29.2. The van der Waals surface area contributed by atoms with Gasteiger partial charge in [0.2, 0.25) is 11.8 Å². The molecule has 0 radical (unpaired) electrons. The van der Waals surface area contributed by atoms with E-state index in [0.29, 0.717) is 24.4 Å². The fraction of sp³-hybridized carbons (Fsp3) is 0.447. The summed E-state index contributed by atoms with van der Waals surface area (Å²) < 4.78 is 39.2. The number of aromatic nitrogens is 4. The number of alkyl halides is 2. The topological polar surface area (TPSA) is 123 Å². The number of aryl methyl sites for hydroxylation is 1. The summed E-state index contributed by atoms with van der Waals surface area (Å²) in [7, 11) is 0. The summed E-state index contributed by atoms with van der Waals surface area (Å²) in [6.07, 6.45) is 4.75. The van der Waals surface area contributed by atoms with E-state index in [4.69, 9.17) is 4.74 Å². The first kappa shape index (κ1) is 34.4. The number of nitrogens with zero attached hydrogens (tertiary/aromatic N) is 5. The van der Waals surface area contributed by atoms with Crippen LogP contribution in [0.5, 0.6) is 0 Å². The molecule has 5 unspecified atom stereocenters. The Labute approximate surface area is 295 Å². The minimum Gasteiger partial charge on any atom is -0.443 e. The predicted molar refractivity (Wildman–Crippen MR) is 185 cm³/mol. The quantitative estimate of drug-likeness (QED) is 0.220. The van der Waals surface area contributed by atoms with Crippen molar-refractivity contribution in [3.63, 3.8) is 0 Å². The Morgan fingerprint density at radius 3 is 2.53 bits per heavy atom. The number of nitrogens with one attached hydrogen (secondary N) is 2. The molecule has 2 aliphatic heterocycles. The maximum absolute atomic E-state index is 15.1. The summed E-state index contributed by atoms with van der Waals surface area (Å²) >= 11 is 0. The molecule has 268 valence electrons. The van der Waals surface area contributed by atoms with Gasteiger partial charge in [-0.05, 0) is 82.5 Å². The van der Waals surface area contributed by atoms with E-state index in [1.165, 1.54) is 0 Å². The second-order valence-electron chi connectivity index (χ2n) is 14.9. The van der Waals surface area contributed by atoms with E-state index in [0.717, 1.165) is 22.6 Å². The number of rotatable bonds is 7. The van der Waals surface area contributed by atoms with E-state index >= 15 is 8.78 Å². The van der Waals surface area contributed by atoms with Crippen LogP contribution in [0.2, 0.25) is 0 Å². The highest BCUT2D eigenvalue weighted by Crippen LogP contribution is 2.52. The summed E-state index contributed by atoms with van der Waals surface area (Å²) in [5.74, 6) is -4.79. The van der Waals surface area contributed by atoms with Crippen LogP contribution in [0.1, 0.15) is 86.0 Å². The Morgan fingerprint density at radius 2 is 1.80 bits per heavy atom. The first-order valence-corrected chi connectivity index (χ1v) is 17.4. The average Bonchev–Trinajstić information content (AvgIpc) is 3.87. The second kappa shape index (κ2) is 13.2. The highest BCUT2D eigenvalue weighted by Gasteiger charge is 2.52. The number of hydrogen-bond acceptors (Lipinski definition) is 7. The number of hydrogen-bond donors (Lipinski definition) is 2. The third kappa shape index (κ3) is 6.85. The van der Waals surface area contributed by atoms with Crippen LogP contribution < -0.4 is 10.6 Å². The SMILES string of the molecule is Cc1ccn(-c2ccc(C(=O)NC3CCC(F)(F)CC3C(=O)N3CCC4C(c5nccn5COC(=O)C(C)(C)C)Nc5ccccc5C43)cc2)n1. The average molecular weight is 700 g/mol. The highest BCUT2D eigenvalue weighted by atomic mass is 19.3. The van der Waals surface area contributed by atoms with Crippen molar-refractivity contribution in [2.45, 2.75) is 84.2 Å². The van der Waals surface area contributed by atoms with Gasteiger partial charge in [0.15, 0.2) is 6.73 Å². The summed E-state index contributed by atoms with van der Waals surface area (Å²) in [5, 5.41) is 10.9. The Kier molecular flexibility index (Phi) is 8.92. The number of halogens is 2. The Morgan fingerprint density at radius 1 is 1.04 bits per heavy atom. The van der Waals surface area contributed by atoms with E-state index in [-0.39, 0.29) is 31.1 Å². The summed E-state index contributed by atoms with van der Waals surface area (Å²) in [6, 6.07) is 14.9. The number of esters is 1. The molecule has 1 saturated heterocycles. The Bertz CT molecular complexity index is 1930. The number of carbonyl (C=O) groups excluding carboxylic acids is 3. The van der Waals surface area contributed by atoms with Crippen LogP contribution in [0.15, 0.2) is 73.2 Å². The molecular weight excluding hydrogens is 656 g/mol. The lowest BCUT2D eigenvalue weighted by Gasteiger charge is -2.42. The smallest absolute Gasteiger partial charge is 0.312 e. The molecule has 2 amide bonds. The van der Waals surface area contributed by atoms with Gasteiger partial charge in [-0.2, -0.15) is 5.10 Å². The molecule has 2 N–H and O–H groups in total. The number of benzene rings is 2. The standard InChI is InChI=1S/C38H43F2N7O4/c1-23-14-19-47(44-23)25-11-9-24(10-12-25)34(48)43-30-13-16-38(39,40)21-28(30)35(49)46-18-15-27-31(42-29-8-6-5-7-26(29)32(27)46)33-41-17-20-45(33)22-51-36(50)37(2,3)4/h5-12,14,17,19-20,27-28,30-32,42H,13,15-16,18,21-22H2,1-4H3,(H,43,48). The molecule has 5 atom stereocenters. The van der Waals surface area contributed by atoms with E-state index in [2.05, 4.69) is 20.7 Å². The van der Waals surface area contributed by atoms with Gasteiger partial charge >= 0.3 is 5.97 Å². The molecule has 13 heteroatoms. The van der Waals surface area contributed by atoms with Crippen molar-refractivity contribution < 1.29 is 27.9 Å². The van der Waals surface area contributed by atoms with Gasteiger partial charge in [0.25, 0.3) is 5.91 Å². The molecule has 4 aromatic rings. The molecule has 3 aliphatic rings. The minimum absolute atomic E-state index is 0.0184. The number of para-hydroxylation sites is 1. The molecule has 0 bridgehead atoms. The second-order valence-corrected chi connectivity index (χ2v) is 14.9. The van der Waals surface area contributed by atoms with E-state index in [1.54, 1.807) is 71.6 Å². The molecule has 2 fully saturated rings. The van der Waals surface area contributed by atoms with Crippen LogP contribution in [-0.2, 0) is 21.1 Å². The number of anilines is 1. The molecule has 11 nitrogen and oxygen atoms in total. The van der Waals surface area contributed by atoms with Gasteiger partial charge in [0, 0.05) is 61.2 Å². The zero-order valence-corrected chi connectivity index (χ0v) is 29.2. The summed E-state index contributed by atoms with van der Waals surface area (Å²) in [6.45, 7) is 7.60. The molecular formula is C38H43F2N7O4. The van der Waals surface area contributed by atoms with Crippen molar-refractivity contribution in [1.29, 1.82) is 0 Å². The number of imidazole rings is 1. The van der Waals surface area contributed by atoms with Crippen molar-refractivity contribution in [2.24, 2.45) is 17.3 Å². The molecule has 4 heterocycles. The van der Waals surface area contributed by atoms with Gasteiger partial charge in [-0.3, -0.25) is 19.0 Å². The fourth-order valence-corrected chi connectivity index (χ4v) is 7.64.